The third kappa shape index (κ3) is 6.03. The van der Waals surface area contributed by atoms with Gasteiger partial charge in [0.1, 0.15) is 31.0 Å². The number of aliphatic hydroxyl groups excluding tert-OH is 3. The van der Waals surface area contributed by atoms with Gasteiger partial charge in [0.05, 0.1) is 11.2 Å². The number of carbonyl (C=O) groups excluding carboxylic acids is 1. The number of aliphatic hydroxyl groups is 4. The first-order valence-electron chi connectivity index (χ1n) is 11.0. The van der Waals surface area contributed by atoms with Crippen molar-refractivity contribution in [2.75, 3.05) is 6.61 Å². The maximum Gasteiger partial charge on any atom is 0.335 e. The Hall–Kier alpha value is -2.90. The van der Waals surface area contributed by atoms with Crippen LogP contribution in [0.4, 0.5) is 0 Å². The van der Waals surface area contributed by atoms with Crippen LogP contribution in [0.3, 0.4) is 0 Å². The fourth-order valence-electron chi connectivity index (χ4n) is 4.02. The number of ether oxygens (including phenoxy) is 3. The summed E-state index contributed by atoms with van der Waals surface area (Å²) < 4.78 is 15.9. The van der Waals surface area contributed by atoms with E-state index in [1.807, 2.05) is 0 Å². The molecule has 3 rings (SSSR count). The lowest BCUT2D eigenvalue weighted by atomic mass is 9.79. The quantitative estimate of drug-likeness (QED) is 0.249. The van der Waals surface area contributed by atoms with Gasteiger partial charge in [0, 0.05) is 5.57 Å². The molecule has 6 atom stereocenters. The fourth-order valence-corrected chi connectivity index (χ4v) is 4.02. The molecule has 0 unspecified atom stereocenters. The molecule has 1 aliphatic carbocycles. The lowest BCUT2D eigenvalue weighted by molar-refractivity contribution is -0.278. The zero-order chi connectivity index (χ0) is 26.1. The van der Waals surface area contributed by atoms with Crippen LogP contribution in [-0.4, -0.2) is 90.6 Å². The van der Waals surface area contributed by atoms with E-state index in [1.54, 1.807) is 19.9 Å². The minimum Gasteiger partial charge on any atom is -0.504 e. The van der Waals surface area contributed by atoms with Crippen molar-refractivity contribution < 1.29 is 59.5 Å². The maximum absolute atomic E-state index is 12.5. The SMILES string of the molecule is CC(C)(O)[C@@H]1CC=C(C(=O)OC[C@H]2O[C@@H](Oc3c(O)cc(C(=O)O)cc3O)[C@@H](O)[C@@H](O)[C@H]2O)CC1. The number of aromatic hydroxyl groups is 2. The number of phenolic OH excluding ortho intramolecular Hbond substituents is 2. The minimum atomic E-state index is -1.82. The van der Waals surface area contributed by atoms with Crippen LogP contribution >= 0.6 is 0 Å². The summed E-state index contributed by atoms with van der Waals surface area (Å²) in [6.07, 6.45) is -5.18. The second-order valence-electron chi connectivity index (χ2n) is 9.23. The van der Waals surface area contributed by atoms with Crippen LogP contribution in [0.1, 0.15) is 43.5 Å². The summed E-state index contributed by atoms with van der Waals surface area (Å²) in [5.74, 6) is -4.24. The summed E-state index contributed by atoms with van der Waals surface area (Å²) >= 11 is 0. The molecule has 12 heteroatoms. The van der Waals surface area contributed by atoms with Crippen LogP contribution in [0.25, 0.3) is 0 Å². The van der Waals surface area contributed by atoms with Crippen LogP contribution in [0.15, 0.2) is 23.8 Å². The standard InChI is InChI=1S/C23H30O12/c1-23(2,32)12-5-3-10(4-6-12)21(31)33-9-15-16(26)17(27)18(28)22(34-15)35-19-13(24)7-11(20(29)30)8-14(19)25/h3,7-8,12,15-18,22,24-28,32H,4-6,9H2,1-2H3,(H,29,30)/t12-,15-,16+,17+,18+,22+/m1/s1. The number of rotatable bonds is 7. The topological polar surface area (TPSA) is 203 Å². The average molecular weight is 498 g/mol. The predicted molar refractivity (Wildman–Crippen MR) is 117 cm³/mol. The van der Waals surface area contributed by atoms with Gasteiger partial charge >= 0.3 is 11.9 Å². The van der Waals surface area contributed by atoms with E-state index in [9.17, 15) is 40.2 Å². The van der Waals surface area contributed by atoms with Gasteiger partial charge < -0.3 is 50.0 Å². The molecule has 35 heavy (non-hydrogen) atoms. The van der Waals surface area contributed by atoms with Crippen molar-refractivity contribution in [2.45, 2.75) is 69.4 Å². The third-order valence-corrected chi connectivity index (χ3v) is 6.25. The Kier molecular flexibility index (Phi) is 7.92. The highest BCUT2D eigenvalue weighted by Crippen LogP contribution is 2.39. The maximum atomic E-state index is 12.5. The summed E-state index contributed by atoms with van der Waals surface area (Å²) in [5, 5.41) is 69.8. The van der Waals surface area contributed by atoms with Crippen molar-refractivity contribution in [3.63, 3.8) is 0 Å². The molecule has 194 valence electrons. The van der Waals surface area contributed by atoms with E-state index in [2.05, 4.69) is 0 Å². The smallest absolute Gasteiger partial charge is 0.335 e. The molecule has 1 aromatic carbocycles. The number of carbonyl (C=O) groups is 2. The molecule has 0 radical (unpaired) electrons. The molecule has 12 nitrogen and oxygen atoms in total. The van der Waals surface area contributed by atoms with Crippen molar-refractivity contribution >= 4 is 11.9 Å². The average Bonchev–Trinajstić information content (AvgIpc) is 2.79. The molecule has 2 aliphatic rings. The predicted octanol–water partition coefficient (Wildman–Crippen LogP) is 0.0230. The van der Waals surface area contributed by atoms with E-state index in [1.165, 1.54) is 0 Å². The summed E-state index contributed by atoms with van der Waals surface area (Å²) in [5.41, 5.74) is -0.907. The molecule has 0 saturated carbocycles. The molecule has 1 fully saturated rings. The Morgan fingerprint density at radius 1 is 1.09 bits per heavy atom. The van der Waals surface area contributed by atoms with Crippen LogP contribution in [0.5, 0.6) is 17.2 Å². The zero-order valence-corrected chi connectivity index (χ0v) is 19.2. The molecule has 1 saturated heterocycles. The Morgan fingerprint density at radius 2 is 1.71 bits per heavy atom. The lowest BCUT2D eigenvalue weighted by Crippen LogP contribution is -2.60. The number of carboxylic acid groups (broad SMARTS) is 1. The van der Waals surface area contributed by atoms with Crippen LogP contribution < -0.4 is 4.74 Å². The summed E-state index contributed by atoms with van der Waals surface area (Å²) in [4.78, 5) is 23.5. The second-order valence-corrected chi connectivity index (χ2v) is 9.23. The third-order valence-electron chi connectivity index (χ3n) is 6.25. The van der Waals surface area contributed by atoms with E-state index in [0.29, 0.717) is 24.8 Å². The number of hydrogen-bond donors (Lipinski definition) is 7. The summed E-state index contributed by atoms with van der Waals surface area (Å²) in [7, 11) is 0. The van der Waals surface area contributed by atoms with E-state index < -0.39 is 77.7 Å². The first kappa shape index (κ1) is 26.7. The van der Waals surface area contributed by atoms with E-state index in [0.717, 1.165) is 12.1 Å². The monoisotopic (exact) mass is 498 g/mol. The molecule has 0 aromatic heterocycles. The number of carboxylic acids is 1. The molecule has 7 N–H and O–H groups in total. The van der Waals surface area contributed by atoms with Crippen molar-refractivity contribution in [2.24, 2.45) is 5.92 Å². The number of esters is 1. The minimum absolute atomic E-state index is 0.00510. The number of phenols is 2. The van der Waals surface area contributed by atoms with Crippen molar-refractivity contribution in [1.29, 1.82) is 0 Å². The largest absolute Gasteiger partial charge is 0.504 e. The van der Waals surface area contributed by atoms with E-state index in [-0.39, 0.29) is 5.92 Å². The second kappa shape index (κ2) is 10.4. The van der Waals surface area contributed by atoms with Crippen molar-refractivity contribution in [1.82, 2.24) is 0 Å². The van der Waals surface area contributed by atoms with Gasteiger partial charge in [-0.15, -0.1) is 0 Å². The molecular weight excluding hydrogens is 468 g/mol. The van der Waals surface area contributed by atoms with E-state index >= 15 is 0 Å². The number of allylic oxidation sites excluding steroid dienone is 1. The normalized spacial score (nSPS) is 29.3. The number of benzene rings is 1. The molecule has 1 aliphatic heterocycles. The van der Waals surface area contributed by atoms with Gasteiger partial charge in [0.15, 0.2) is 11.5 Å². The van der Waals surface area contributed by atoms with Crippen LogP contribution in [-0.2, 0) is 14.3 Å². The Morgan fingerprint density at radius 3 is 2.23 bits per heavy atom. The van der Waals surface area contributed by atoms with Gasteiger partial charge in [-0.05, 0) is 51.2 Å². The first-order valence-corrected chi connectivity index (χ1v) is 11.0. The van der Waals surface area contributed by atoms with Crippen LogP contribution in [0, 0.1) is 5.92 Å². The molecular formula is C23H30O12. The van der Waals surface area contributed by atoms with Gasteiger partial charge in [0.2, 0.25) is 12.0 Å². The Labute approximate surface area is 200 Å². The van der Waals surface area contributed by atoms with Crippen LogP contribution in [0.2, 0.25) is 0 Å². The van der Waals surface area contributed by atoms with Crippen molar-refractivity contribution in [3.05, 3.63) is 29.3 Å². The number of hydrogen-bond acceptors (Lipinski definition) is 11. The molecule has 1 heterocycles. The van der Waals surface area contributed by atoms with Gasteiger partial charge in [-0.1, -0.05) is 6.08 Å². The van der Waals surface area contributed by atoms with Gasteiger partial charge in [-0.2, -0.15) is 0 Å². The number of aromatic carboxylic acids is 1. The summed E-state index contributed by atoms with van der Waals surface area (Å²) in [6, 6.07) is 1.61. The van der Waals surface area contributed by atoms with Gasteiger partial charge in [0.25, 0.3) is 0 Å². The highest BCUT2D eigenvalue weighted by atomic mass is 16.7. The zero-order valence-electron chi connectivity index (χ0n) is 19.2. The summed E-state index contributed by atoms with van der Waals surface area (Å²) in [6.45, 7) is 2.90. The highest BCUT2D eigenvalue weighted by Gasteiger charge is 2.46. The van der Waals surface area contributed by atoms with Gasteiger partial charge in [-0.25, -0.2) is 9.59 Å². The molecule has 1 aromatic rings. The fraction of sp³-hybridized carbons (Fsp3) is 0.565. The molecule has 0 bridgehead atoms. The molecule has 0 spiro atoms. The lowest BCUT2D eigenvalue weighted by Gasteiger charge is -2.40. The van der Waals surface area contributed by atoms with Crippen molar-refractivity contribution in [3.8, 4) is 17.2 Å². The van der Waals surface area contributed by atoms with E-state index in [4.69, 9.17) is 19.3 Å². The first-order chi connectivity index (χ1) is 16.3. The molecule has 0 amide bonds. The van der Waals surface area contributed by atoms with Gasteiger partial charge in [-0.3, -0.25) is 0 Å². The Bertz CT molecular complexity index is 958. The Balaban J connectivity index is 1.66. The highest BCUT2D eigenvalue weighted by molar-refractivity contribution is 5.89.